The Kier molecular flexibility index (Phi) is 3.74. The van der Waals surface area contributed by atoms with Crippen LogP contribution in [0.2, 0.25) is 0 Å². The molecule has 0 fully saturated rings. The predicted octanol–water partition coefficient (Wildman–Crippen LogP) is 1.71. The highest BCUT2D eigenvalue weighted by molar-refractivity contribution is 5.97. The standard InChI is InChI=1S/C14H16O5/c1-3-18-14(17)10-4-9-5-11(8(2)15)12(16)6-13(9)19-7-10/h5-6,10,16H,3-4,7H2,1-2H3. The second-order valence-corrected chi connectivity index (χ2v) is 4.50. The maximum absolute atomic E-state index is 11.7. The molecule has 1 unspecified atom stereocenters. The van der Waals surface area contributed by atoms with E-state index in [0.29, 0.717) is 18.8 Å². The third-order valence-corrected chi connectivity index (χ3v) is 3.08. The summed E-state index contributed by atoms with van der Waals surface area (Å²) in [6, 6.07) is 3.01. The number of ketones is 1. The third kappa shape index (κ3) is 2.70. The minimum absolute atomic E-state index is 0.0964. The first-order valence-electron chi connectivity index (χ1n) is 6.19. The van der Waals surface area contributed by atoms with E-state index in [4.69, 9.17) is 9.47 Å². The zero-order valence-corrected chi connectivity index (χ0v) is 10.9. The number of carbonyl (C=O) groups excluding carboxylic acids is 2. The quantitative estimate of drug-likeness (QED) is 0.664. The van der Waals surface area contributed by atoms with Crippen LogP contribution in [0.1, 0.15) is 29.8 Å². The number of carbonyl (C=O) groups is 2. The third-order valence-electron chi connectivity index (χ3n) is 3.08. The first-order chi connectivity index (χ1) is 9.02. The van der Waals surface area contributed by atoms with Crippen molar-refractivity contribution in [2.75, 3.05) is 13.2 Å². The van der Waals surface area contributed by atoms with Gasteiger partial charge in [-0.05, 0) is 31.9 Å². The molecule has 0 amide bonds. The van der Waals surface area contributed by atoms with Gasteiger partial charge in [-0.25, -0.2) is 0 Å². The van der Waals surface area contributed by atoms with E-state index in [-0.39, 0.29) is 35.6 Å². The lowest BCUT2D eigenvalue weighted by atomic mass is 9.94. The van der Waals surface area contributed by atoms with Crippen molar-refractivity contribution in [2.45, 2.75) is 20.3 Å². The molecule has 1 aromatic carbocycles. The van der Waals surface area contributed by atoms with Crippen LogP contribution in [0.4, 0.5) is 0 Å². The Bertz CT molecular complexity index is 521. The average molecular weight is 264 g/mol. The molecule has 1 aliphatic heterocycles. The minimum atomic E-state index is -0.364. The molecule has 19 heavy (non-hydrogen) atoms. The van der Waals surface area contributed by atoms with Crippen molar-refractivity contribution in [3.63, 3.8) is 0 Å². The summed E-state index contributed by atoms with van der Waals surface area (Å²) in [5.74, 6) is -0.468. The summed E-state index contributed by atoms with van der Waals surface area (Å²) in [6.07, 6.45) is 0.453. The molecular formula is C14H16O5. The van der Waals surface area contributed by atoms with Gasteiger partial charge >= 0.3 is 5.97 Å². The van der Waals surface area contributed by atoms with Gasteiger partial charge in [0.15, 0.2) is 5.78 Å². The van der Waals surface area contributed by atoms with Crippen LogP contribution in [-0.4, -0.2) is 30.1 Å². The van der Waals surface area contributed by atoms with Crippen LogP contribution in [0.15, 0.2) is 12.1 Å². The molecular weight excluding hydrogens is 248 g/mol. The van der Waals surface area contributed by atoms with E-state index in [0.717, 1.165) is 5.56 Å². The van der Waals surface area contributed by atoms with Crippen LogP contribution in [0.5, 0.6) is 11.5 Å². The molecule has 1 atom stereocenters. The summed E-state index contributed by atoms with van der Waals surface area (Å²) in [4.78, 5) is 23.1. The molecule has 1 N–H and O–H groups in total. The highest BCUT2D eigenvalue weighted by Gasteiger charge is 2.28. The molecule has 0 spiro atoms. The summed E-state index contributed by atoms with van der Waals surface area (Å²) in [5.41, 5.74) is 0.985. The molecule has 102 valence electrons. The smallest absolute Gasteiger partial charge is 0.312 e. The maximum Gasteiger partial charge on any atom is 0.312 e. The molecule has 0 bridgehead atoms. The van der Waals surface area contributed by atoms with Crippen LogP contribution >= 0.6 is 0 Å². The molecule has 1 aromatic rings. The summed E-state index contributed by atoms with van der Waals surface area (Å²) in [7, 11) is 0. The summed E-state index contributed by atoms with van der Waals surface area (Å²) < 4.78 is 10.4. The summed E-state index contributed by atoms with van der Waals surface area (Å²) >= 11 is 0. The number of benzene rings is 1. The van der Waals surface area contributed by atoms with E-state index in [2.05, 4.69) is 0 Å². The monoisotopic (exact) mass is 264 g/mol. The van der Waals surface area contributed by atoms with Gasteiger partial charge < -0.3 is 14.6 Å². The number of ether oxygens (including phenoxy) is 2. The van der Waals surface area contributed by atoms with Crippen molar-refractivity contribution < 1.29 is 24.2 Å². The van der Waals surface area contributed by atoms with Crippen LogP contribution < -0.4 is 4.74 Å². The van der Waals surface area contributed by atoms with Gasteiger partial charge in [0.05, 0.1) is 18.1 Å². The van der Waals surface area contributed by atoms with E-state index in [9.17, 15) is 14.7 Å². The van der Waals surface area contributed by atoms with Gasteiger partial charge in [0.1, 0.15) is 18.1 Å². The molecule has 0 saturated carbocycles. The molecule has 0 aromatic heterocycles. The zero-order valence-electron chi connectivity index (χ0n) is 10.9. The number of Topliss-reactive ketones (excluding diaryl/α,β-unsaturated/α-hetero) is 1. The van der Waals surface area contributed by atoms with Crippen LogP contribution in [-0.2, 0) is 16.0 Å². The lowest BCUT2D eigenvalue weighted by Crippen LogP contribution is -2.29. The van der Waals surface area contributed by atoms with Gasteiger partial charge in [-0.2, -0.15) is 0 Å². The van der Waals surface area contributed by atoms with Gasteiger partial charge in [-0.3, -0.25) is 9.59 Å². The zero-order chi connectivity index (χ0) is 14.0. The molecule has 5 nitrogen and oxygen atoms in total. The summed E-state index contributed by atoms with van der Waals surface area (Å²) in [6.45, 7) is 3.69. The van der Waals surface area contributed by atoms with Crippen LogP contribution in [0.3, 0.4) is 0 Å². The van der Waals surface area contributed by atoms with Crippen molar-refractivity contribution in [3.8, 4) is 11.5 Å². The number of hydrogen-bond acceptors (Lipinski definition) is 5. The van der Waals surface area contributed by atoms with Gasteiger partial charge in [0.25, 0.3) is 0 Å². The van der Waals surface area contributed by atoms with Crippen molar-refractivity contribution in [3.05, 3.63) is 23.3 Å². The lowest BCUT2D eigenvalue weighted by Gasteiger charge is -2.24. The first kappa shape index (κ1) is 13.4. The molecule has 2 rings (SSSR count). The Morgan fingerprint density at radius 3 is 2.84 bits per heavy atom. The first-order valence-corrected chi connectivity index (χ1v) is 6.19. The Morgan fingerprint density at radius 2 is 2.21 bits per heavy atom. The number of aromatic hydroxyl groups is 1. The maximum atomic E-state index is 11.7. The van der Waals surface area contributed by atoms with Gasteiger partial charge in [0, 0.05) is 6.07 Å². The van der Waals surface area contributed by atoms with Crippen molar-refractivity contribution >= 4 is 11.8 Å². The van der Waals surface area contributed by atoms with Crippen molar-refractivity contribution in [1.82, 2.24) is 0 Å². The average Bonchev–Trinajstić information content (AvgIpc) is 2.37. The highest BCUT2D eigenvalue weighted by Crippen LogP contribution is 2.33. The van der Waals surface area contributed by atoms with E-state index in [1.807, 2.05) is 0 Å². The van der Waals surface area contributed by atoms with E-state index < -0.39 is 0 Å². The van der Waals surface area contributed by atoms with Crippen molar-refractivity contribution in [1.29, 1.82) is 0 Å². The normalized spacial score (nSPS) is 17.3. The fourth-order valence-electron chi connectivity index (χ4n) is 2.12. The highest BCUT2D eigenvalue weighted by atomic mass is 16.5. The number of phenolic OH excluding ortho intramolecular Hbond substituents is 1. The molecule has 1 aliphatic rings. The SMILES string of the molecule is CCOC(=O)C1COc2cc(O)c(C(C)=O)cc2C1. The number of rotatable bonds is 3. The Morgan fingerprint density at radius 1 is 1.47 bits per heavy atom. The fraction of sp³-hybridized carbons (Fsp3) is 0.429. The van der Waals surface area contributed by atoms with Crippen molar-refractivity contribution in [2.24, 2.45) is 5.92 Å². The molecule has 0 saturated heterocycles. The van der Waals surface area contributed by atoms with E-state index in [1.54, 1.807) is 13.0 Å². The number of fused-ring (bicyclic) bond motifs is 1. The molecule has 1 heterocycles. The molecule has 0 aliphatic carbocycles. The Balaban J connectivity index is 2.26. The Labute approximate surface area is 111 Å². The topological polar surface area (TPSA) is 72.8 Å². The molecule has 5 heteroatoms. The fourth-order valence-corrected chi connectivity index (χ4v) is 2.12. The van der Waals surface area contributed by atoms with Gasteiger partial charge in [-0.15, -0.1) is 0 Å². The lowest BCUT2D eigenvalue weighted by molar-refractivity contribution is -0.149. The second kappa shape index (κ2) is 5.30. The van der Waals surface area contributed by atoms with E-state index >= 15 is 0 Å². The largest absolute Gasteiger partial charge is 0.507 e. The minimum Gasteiger partial charge on any atom is -0.507 e. The number of phenols is 1. The van der Waals surface area contributed by atoms with Gasteiger partial charge in [-0.1, -0.05) is 0 Å². The predicted molar refractivity (Wildman–Crippen MR) is 67.4 cm³/mol. The number of esters is 1. The second-order valence-electron chi connectivity index (χ2n) is 4.50. The van der Waals surface area contributed by atoms with Crippen LogP contribution in [0.25, 0.3) is 0 Å². The summed E-state index contributed by atoms with van der Waals surface area (Å²) in [5, 5.41) is 9.70. The van der Waals surface area contributed by atoms with Gasteiger partial charge in [0.2, 0.25) is 0 Å². The number of hydrogen-bond donors (Lipinski definition) is 1. The van der Waals surface area contributed by atoms with E-state index in [1.165, 1.54) is 13.0 Å². The van der Waals surface area contributed by atoms with Crippen LogP contribution in [0, 0.1) is 5.92 Å². The Hall–Kier alpha value is -2.04. The molecule has 0 radical (unpaired) electrons.